The van der Waals surface area contributed by atoms with Crippen molar-refractivity contribution in [2.24, 2.45) is 0 Å². The van der Waals surface area contributed by atoms with Crippen LogP contribution in [0.5, 0.6) is 5.75 Å². The van der Waals surface area contributed by atoms with Crippen molar-refractivity contribution >= 4 is 11.6 Å². The molecule has 0 spiro atoms. The van der Waals surface area contributed by atoms with E-state index in [1.165, 1.54) is 4.57 Å². The summed E-state index contributed by atoms with van der Waals surface area (Å²) in [6, 6.07) is 7.10. The summed E-state index contributed by atoms with van der Waals surface area (Å²) in [5.74, 6) is 0.981. The number of nitrogens with one attached hydrogen (secondary N) is 1. The van der Waals surface area contributed by atoms with Crippen LogP contribution in [0.4, 0.5) is 5.69 Å². The smallest absolute Gasteiger partial charge is 0.257 e. The molecule has 1 aliphatic carbocycles. The largest absolute Gasteiger partial charge is 0.497 e. The number of aryl methyl sites for hydroxylation is 2. The highest BCUT2D eigenvalue weighted by Crippen LogP contribution is 2.18. The van der Waals surface area contributed by atoms with Crippen molar-refractivity contribution in [3.63, 3.8) is 0 Å². The molecule has 0 atom stereocenters. The lowest BCUT2D eigenvalue weighted by atomic mass is 10.2. The number of hydrogen-bond donors (Lipinski definition) is 1. The van der Waals surface area contributed by atoms with Crippen LogP contribution in [-0.4, -0.2) is 22.6 Å². The van der Waals surface area contributed by atoms with Crippen molar-refractivity contribution in [2.45, 2.75) is 32.7 Å². The molecule has 1 heterocycles. The Bertz CT molecular complexity index is 811. The molecule has 23 heavy (non-hydrogen) atoms. The van der Waals surface area contributed by atoms with Crippen molar-refractivity contribution < 1.29 is 9.53 Å². The molecule has 2 aromatic rings. The van der Waals surface area contributed by atoms with Gasteiger partial charge in [-0.1, -0.05) is 6.07 Å². The van der Waals surface area contributed by atoms with Crippen LogP contribution >= 0.6 is 0 Å². The molecule has 0 unspecified atom stereocenters. The minimum absolute atomic E-state index is 0.0395. The molecule has 1 N–H and O–H groups in total. The van der Waals surface area contributed by atoms with E-state index in [1.807, 2.05) is 0 Å². The van der Waals surface area contributed by atoms with Crippen LogP contribution in [0, 0.1) is 6.92 Å². The van der Waals surface area contributed by atoms with Gasteiger partial charge >= 0.3 is 0 Å². The van der Waals surface area contributed by atoms with Crippen LogP contribution in [0.25, 0.3) is 0 Å². The van der Waals surface area contributed by atoms with Crippen LogP contribution in [0.15, 0.2) is 29.1 Å². The number of amides is 1. The number of fused-ring (bicyclic) bond motifs is 1. The third-order valence-corrected chi connectivity index (χ3v) is 4.03. The van der Waals surface area contributed by atoms with Gasteiger partial charge < -0.3 is 10.1 Å². The zero-order valence-corrected chi connectivity index (χ0v) is 13.3. The van der Waals surface area contributed by atoms with Gasteiger partial charge in [0.15, 0.2) is 0 Å². The first-order valence-corrected chi connectivity index (χ1v) is 7.61. The summed E-state index contributed by atoms with van der Waals surface area (Å²) in [5, 5.41) is 2.78. The van der Waals surface area contributed by atoms with Gasteiger partial charge in [-0.3, -0.25) is 14.2 Å². The Hall–Kier alpha value is -2.63. The Balaban J connectivity index is 1.79. The second-order valence-electron chi connectivity index (χ2n) is 5.61. The van der Waals surface area contributed by atoms with Crippen LogP contribution in [0.3, 0.4) is 0 Å². The number of carbonyl (C=O) groups excluding carboxylic acids is 1. The van der Waals surface area contributed by atoms with Crippen molar-refractivity contribution in [1.82, 2.24) is 9.55 Å². The molecule has 0 aliphatic heterocycles. The molecule has 0 fully saturated rings. The van der Waals surface area contributed by atoms with E-state index in [1.54, 1.807) is 38.3 Å². The maximum Gasteiger partial charge on any atom is 0.257 e. The number of rotatable bonds is 4. The zero-order chi connectivity index (χ0) is 16.4. The first-order valence-electron chi connectivity index (χ1n) is 7.61. The van der Waals surface area contributed by atoms with Gasteiger partial charge in [-0.2, -0.15) is 0 Å². The van der Waals surface area contributed by atoms with Gasteiger partial charge in [-0.05, 0) is 38.3 Å². The fourth-order valence-corrected chi connectivity index (χ4v) is 2.88. The van der Waals surface area contributed by atoms with Crippen molar-refractivity contribution in [3.05, 3.63) is 51.7 Å². The lowest BCUT2D eigenvalue weighted by Crippen LogP contribution is -2.32. The average molecular weight is 313 g/mol. The maximum absolute atomic E-state index is 12.5. The standard InChI is InChI=1S/C17H19N3O3/c1-11-18-15-8-4-7-14(15)17(22)20(11)10-16(21)19-12-5-3-6-13(9-12)23-2/h3,5-6,9H,4,7-8,10H2,1-2H3,(H,19,21). The molecule has 0 saturated heterocycles. The van der Waals surface area contributed by atoms with Gasteiger partial charge in [0.2, 0.25) is 5.91 Å². The lowest BCUT2D eigenvalue weighted by molar-refractivity contribution is -0.116. The predicted molar refractivity (Wildman–Crippen MR) is 86.9 cm³/mol. The average Bonchev–Trinajstić information content (AvgIpc) is 3.00. The Morgan fingerprint density at radius 3 is 3.00 bits per heavy atom. The Kier molecular flexibility index (Phi) is 4.14. The van der Waals surface area contributed by atoms with E-state index in [-0.39, 0.29) is 18.0 Å². The summed E-state index contributed by atoms with van der Waals surface area (Å²) >= 11 is 0. The SMILES string of the molecule is COc1cccc(NC(=O)Cn2c(C)nc3c(c2=O)CCC3)c1. The summed E-state index contributed by atoms with van der Waals surface area (Å²) in [7, 11) is 1.57. The van der Waals surface area contributed by atoms with Gasteiger partial charge in [0, 0.05) is 17.3 Å². The van der Waals surface area contributed by atoms with E-state index in [0.717, 1.165) is 30.5 Å². The third kappa shape index (κ3) is 3.11. The molecular formula is C17H19N3O3. The fraction of sp³-hybridized carbons (Fsp3) is 0.353. The van der Waals surface area contributed by atoms with Gasteiger partial charge in [0.25, 0.3) is 5.56 Å². The number of benzene rings is 1. The molecule has 6 nitrogen and oxygen atoms in total. The van der Waals surface area contributed by atoms with Crippen molar-refractivity contribution in [3.8, 4) is 5.75 Å². The van der Waals surface area contributed by atoms with Crippen LogP contribution < -0.4 is 15.6 Å². The Morgan fingerprint density at radius 2 is 2.22 bits per heavy atom. The molecular weight excluding hydrogens is 294 g/mol. The van der Waals surface area contributed by atoms with E-state index in [9.17, 15) is 9.59 Å². The lowest BCUT2D eigenvalue weighted by Gasteiger charge is -2.12. The topological polar surface area (TPSA) is 73.2 Å². The first-order chi connectivity index (χ1) is 11.1. The van der Waals surface area contributed by atoms with Crippen LogP contribution in [0.2, 0.25) is 0 Å². The maximum atomic E-state index is 12.5. The summed E-state index contributed by atoms with van der Waals surface area (Å²) in [6.45, 7) is 1.72. The summed E-state index contributed by atoms with van der Waals surface area (Å²) in [5.41, 5.74) is 2.18. The quantitative estimate of drug-likeness (QED) is 0.932. The molecule has 1 amide bonds. The summed E-state index contributed by atoms with van der Waals surface area (Å²) in [4.78, 5) is 29.2. The van der Waals surface area contributed by atoms with E-state index in [2.05, 4.69) is 10.3 Å². The van der Waals surface area contributed by atoms with Gasteiger partial charge in [0.1, 0.15) is 18.1 Å². The number of aromatic nitrogens is 2. The number of methoxy groups -OCH3 is 1. The molecule has 0 bridgehead atoms. The number of hydrogen-bond acceptors (Lipinski definition) is 4. The van der Waals surface area contributed by atoms with Crippen LogP contribution in [-0.2, 0) is 24.2 Å². The second-order valence-corrected chi connectivity index (χ2v) is 5.61. The number of carbonyl (C=O) groups is 1. The number of anilines is 1. The number of nitrogens with zero attached hydrogens (tertiary/aromatic N) is 2. The monoisotopic (exact) mass is 313 g/mol. The van der Waals surface area contributed by atoms with Gasteiger partial charge in [-0.25, -0.2) is 4.98 Å². The molecule has 3 rings (SSSR count). The van der Waals surface area contributed by atoms with E-state index in [4.69, 9.17) is 4.74 Å². The van der Waals surface area contributed by atoms with E-state index < -0.39 is 0 Å². The molecule has 1 aromatic carbocycles. The zero-order valence-electron chi connectivity index (χ0n) is 13.3. The Labute approximate surface area is 134 Å². The molecule has 0 saturated carbocycles. The van der Waals surface area contributed by atoms with Gasteiger partial charge in [0.05, 0.1) is 12.8 Å². The van der Waals surface area contributed by atoms with Crippen molar-refractivity contribution in [1.29, 1.82) is 0 Å². The predicted octanol–water partition coefficient (Wildman–Crippen LogP) is 1.69. The van der Waals surface area contributed by atoms with Crippen LogP contribution in [0.1, 0.15) is 23.5 Å². The molecule has 1 aliphatic rings. The normalized spacial score (nSPS) is 12.8. The molecule has 6 heteroatoms. The molecule has 1 aromatic heterocycles. The fourth-order valence-electron chi connectivity index (χ4n) is 2.88. The minimum atomic E-state index is -0.261. The summed E-state index contributed by atoms with van der Waals surface area (Å²) in [6.07, 6.45) is 2.55. The highest BCUT2D eigenvalue weighted by molar-refractivity contribution is 5.90. The highest BCUT2D eigenvalue weighted by Gasteiger charge is 2.20. The first kappa shape index (κ1) is 15.3. The molecule has 0 radical (unpaired) electrons. The highest BCUT2D eigenvalue weighted by atomic mass is 16.5. The summed E-state index contributed by atoms with van der Waals surface area (Å²) < 4.78 is 6.57. The van der Waals surface area contributed by atoms with E-state index in [0.29, 0.717) is 17.3 Å². The molecule has 120 valence electrons. The second kappa shape index (κ2) is 6.24. The Morgan fingerprint density at radius 1 is 1.39 bits per heavy atom. The van der Waals surface area contributed by atoms with Gasteiger partial charge in [-0.15, -0.1) is 0 Å². The third-order valence-electron chi connectivity index (χ3n) is 4.03. The van der Waals surface area contributed by atoms with Crippen molar-refractivity contribution in [2.75, 3.05) is 12.4 Å². The number of ether oxygens (including phenoxy) is 1. The van der Waals surface area contributed by atoms with E-state index >= 15 is 0 Å². The minimum Gasteiger partial charge on any atom is -0.497 e.